The first-order valence-electron chi connectivity index (χ1n) is 6.51. The summed E-state index contributed by atoms with van der Waals surface area (Å²) in [4.78, 5) is 15.3. The number of ether oxygens (including phenoxy) is 1. The second-order valence-electron chi connectivity index (χ2n) is 4.27. The number of rotatable bonds is 8. The predicted octanol–water partition coefficient (Wildman–Crippen LogP) is 2.70. The van der Waals surface area contributed by atoms with E-state index < -0.39 is 4.92 Å². The van der Waals surface area contributed by atoms with Crippen molar-refractivity contribution in [1.82, 2.24) is 5.48 Å². The minimum atomic E-state index is -0.442. The van der Waals surface area contributed by atoms with Crippen LogP contribution in [0.2, 0.25) is 0 Å². The highest BCUT2D eigenvalue weighted by atomic mass is 16.6. The van der Waals surface area contributed by atoms with Crippen LogP contribution in [0.4, 0.5) is 5.69 Å². The van der Waals surface area contributed by atoms with Gasteiger partial charge >= 0.3 is 0 Å². The molecule has 0 fully saturated rings. The molecule has 21 heavy (non-hydrogen) atoms. The van der Waals surface area contributed by atoms with Crippen molar-refractivity contribution in [2.75, 3.05) is 13.2 Å². The summed E-state index contributed by atoms with van der Waals surface area (Å²) in [6, 6.07) is 15.8. The Bertz CT molecular complexity index is 558. The molecule has 2 aromatic carbocycles. The molecular formula is C15H16N2O4. The maximum absolute atomic E-state index is 10.5. The van der Waals surface area contributed by atoms with E-state index in [0.717, 1.165) is 5.56 Å². The number of hydrogen-bond donors (Lipinski definition) is 1. The van der Waals surface area contributed by atoms with Crippen molar-refractivity contribution < 1.29 is 14.5 Å². The Morgan fingerprint density at radius 3 is 2.43 bits per heavy atom. The second kappa shape index (κ2) is 7.98. The summed E-state index contributed by atoms with van der Waals surface area (Å²) in [5.74, 6) is 0.588. The second-order valence-corrected chi connectivity index (χ2v) is 4.27. The summed E-state index contributed by atoms with van der Waals surface area (Å²) in [5, 5.41) is 10.5. The van der Waals surface area contributed by atoms with E-state index in [-0.39, 0.29) is 5.69 Å². The van der Waals surface area contributed by atoms with E-state index in [1.807, 2.05) is 30.3 Å². The molecule has 0 spiro atoms. The van der Waals surface area contributed by atoms with Gasteiger partial charge in [-0.3, -0.25) is 15.0 Å². The molecule has 2 rings (SSSR count). The molecule has 0 saturated heterocycles. The molecule has 1 N–H and O–H groups in total. The smallest absolute Gasteiger partial charge is 0.269 e. The Balaban J connectivity index is 1.60. The zero-order chi connectivity index (χ0) is 14.9. The van der Waals surface area contributed by atoms with Crippen LogP contribution in [0, 0.1) is 10.1 Å². The molecule has 0 radical (unpaired) electrons. The number of nitrogens with zero attached hydrogens (tertiary/aromatic N) is 1. The van der Waals surface area contributed by atoms with Gasteiger partial charge in [0.15, 0.2) is 0 Å². The zero-order valence-electron chi connectivity index (χ0n) is 11.4. The molecule has 0 heterocycles. The van der Waals surface area contributed by atoms with Crippen molar-refractivity contribution in [1.29, 1.82) is 0 Å². The lowest BCUT2D eigenvalue weighted by atomic mass is 10.2. The normalized spacial score (nSPS) is 10.3. The molecule has 0 amide bonds. The SMILES string of the molecule is O=[N+]([O-])c1ccc(OCCNOCc2ccccc2)cc1. The van der Waals surface area contributed by atoms with E-state index in [1.54, 1.807) is 12.1 Å². The number of hydrogen-bond acceptors (Lipinski definition) is 5. The molecule has 2 aromatic rings. The standard InChI is InChI=1S/C15H16N2O4/c18-17(19)14-6-8-15(9-7-14)20-11-10-16-21-12-13-4-2-1-3-5-13/h1-9,16H,10-12H2. The summed E-state index contributed by atoms with van der Waals surface area (Å²) in [7, 11) is 0. The van der Waals surface area contributed by atoms with E-state index >= 15 is 0 Å². The number of non-ortho nitro benzene ring substituents is 1. The third-order valence-electron chi connectivity index (χ3n) is 2.70. The average molecular weight is 288 g/mol. The lowest BCUT2D eigenvalue weighted by Gasteiger charge is -2.08. The van der Waals surface area contributed by atoms with Crippen molar-refractivity contribution in [2.24, 2.45) is 0 Å². The Kier molecular flexibility index (Phi) is 5.69. The third-order valence-corrected chi connectivity index (χ3v) is 2.70. The maximum atomic E-state index is 10.5. The van der Waals surface area contributed by atoms with Crippen molar-refractivity contribution >= 4 is 5.69 Å². The fourth-order valence-electron chi connectivity index (χ4n) is 1.66. The lowest BCUT2D eigenvalue weighted by molar-refractivity contribution is -0.384. The van der Waals surface area contributed by atoms with Gasteiger partial charge in [0, 0.05) is 12.1 Å². The van der Waals surface area contributed by atoms with Gasteiger partial charge in [-0.1, -0.05) is 30.3 Å². The Labute approximate surface area is 122 Å². The first-order valence-corrected chi connectivity index (χ1v) is 6.51. The maximum Gasteiger partial charge on any atom is 0.269 e. The molecule has 0 aromatic heterocycles. The molecule has 0 unspecified atom stereocenters. The van der Waals surface area contributed by atoms with Crippen LogP contribution in [-0.2, 0) is 11.4 Å². The van der Waals surface area contributed by atoms with Crippen LogP contribution in [0.1, 0.15) is 5.56 Å². The fraction of sp³-hybridized carbons (Fsp3) is 0.200. The lowest BCUT2D eigenvalue weighted by Crippen LogP contribution is -2.21. The van der Waals surface area contributed by atoms with Gasteiger partial charge in [0.1, 0.15) is 12.4 Å². The number of nitro benzene ring substituents is 1. The van der Waals surface area contributed by atoms with E-state index in [2.05, 4.69) is 5.48 Å². The highest BCUT2D eigenvalue weighted by Crippen LogP contribution is 2.16. The molecule has 0 saturated carbocycles. The highest BCUT2D eigenvalue weighted by molar-refractivity contribution is 5.35. The molecule has 110 valence electrons. The summed E-state index contributed by atoms with van der Waals surface area (Å²) >= 11 is 0. The van der Waals surface area contributed by atoms with Crippen LogP contribution >= 0.6 is 0 Å². The van der Waals surface area contributed by atoms with Crippen molar-refractivity contribution in [3.05, 3.63) is 70.3 Å². The van der Waals surface area contributed by atoms with Gasteiger partial charge in [-0.15, -0.1) is 0 Å². The van der Waals surface area contributed by atoms with Crippen LogP contribution in [0.5, 0.6) is 5.75 Å². The summed E-state index contributed by atoms with van der Waals surface area (Å²) in [6.07, 6.45) is 0. The van der Waals surface area contributed by atoms with E-state index in [0.29, 0.717) is 25.5 Å². The van der Waals surface area contributed by atoms with Crippen molar-refractivity contribution in [2.45, 2.75) is 6.61 Å². The Morgan fingerprint density at radius 1 is 1.05 bits per heavy atom. The summed E-state index contributed by atoms with van der Waals surface area (Å²) < 4.78 is 5.43. The van der Waals surface area contributed by atoms with Gasteiger partial charge < -0.3 is 4.74 Å². The Hall–Kier alpha value is -2.44. The van der Waals surface area contributed by atoms with Crippen LogP contribution in [0.25, 0.3) is 0 Å². The molecule has 0 aliphatic heterocycles. The molecule has 0 atom stereocenters. The van der Waals surface area contributed by atoms with E-state index in [9.17, 15) is 10.1 Å². The van der Waals surface area contributed by atoms with Gasteiger partial charge in [-0.05, 0) is 17.7 Å². The van der Waals surface area contributed by atoms with Gasteiger partial charge in [-0.2, -0.15) is 5.48 Å². The average Bonchev–Trinajstić information content (AvgIpc) is 2.52. The highest BCUT2D eigenvalue weighted by Gasteiger charge is 2.03. The predicted molar refractivity (Wildman–Crippen MR) is 77.8 cm³/mol. The number of hydroxylamine groups is 1. The van der Waals surface area contributed by atoms with Gasteiger partial charge in [0.05, 0.1) is 18.1 Å². The molecule has 6 heteroatoms. The molecule has 0 aliphatic carbocycles. The quantitative estimate of drug-likeness (QED) is 0.459. The summed E-state index contributed by atoms with van der Waals surface area (Å²) in [5.41, 5.74) is 3.93. The van der Waals surface area contributed by atoms with Crippen molar-refractivity contribution in [3.63, 3.8) is 0 Å². The van der Waals surface area contributed by atoms with Crippen molar-refractivity contribution in [3.8, 4) is 5.75 Å². The van der Waals surface area contributed by atoms with E-state index in [4.69, 9.17) is 9.57 Å². The zero-order valence-corrected chi connectivity index (χ0v) is 11.4. The fourth-order valence-corrected chi connectivity index (χ4v) is 1.66. The Morgan fingerprint density at radius 2 is 1.76 bits per heavy atom. The molecule has 6 nitrogen and oxygen atoms in total. The first-order chi connectivity index (χ1) is 10.3. The van der Waals surface area contributed by atoms with Crippen LogP contribution in [0.3, 0.4) is 0 Å². The van der Waals surface area contributed by atoms with Gasteiger partial charge in [0.2, 0.25) is 0 Å². The minimum absolute atomic E-state index is 0.0478. The van der Waals surface area contributed by atoms with Gasteiger partial charge in [0.25, 0.3) is 5.69 Å². The van der Waals surface area contributed by atoms with E-state index in [1.165, 1.54) is 12.1 Å². The number of nitrogens with one attached hydrogen (secondary N) is 1. The van der Waals surface area contributed by atoms with Crippen LogP contribution in [0.15, 0.2) is 54.6 Å². The van der Waals surface area contributed by atoms with Crippen LogP contribution < -0.4 is 10.2 Å². The molecule has 0 bridgehead atoms. The largest absolute Gasteiger partial charge is 0.492 e. The number of nitro groups is 1. The minimum Gasteiger partial charge on any atom is -0.492 e. The topological polar surface area (TPSA) is 73.6 Å². The van der Waals surface area contributed by atoms with Crippen LogP contribution in [-0.4, -0.2) is 18.1 Å². The molecular weight excluding hydrogens is 272 g/mol. The summed E-state index contributed by atoms with van der Waals surface area (Å²) in [6.45, 7) is 1.41. The molecule has 0 aliphatic rings. The first kappa shape index (κ1) is 15.0. The number of benzene rings is 2. The third kappa shape index (κ3) is 5.21. The monoisotopic (exact) mass is 288 g/mol. The van der Waals surface area contributed by atoms with Gasteiger partial charge in [-0.25, -0.2) is 0 Å².